The Bertz CT molecular complexity index is 854. The van der Waals surface area contributed by atoms with Crippen LogP contribution in [0.15, 0.2) is 0 Å². The lowest BCUT2D eigenvalue weighted by Crippen LogP contribution is -2.60. The van der Waals surface area contributed by atoms with E-state index in [4.69, 9.17) is 4.18 Å². The summed E-state index contributed by atoms with van der Waals surface area (Å²) in [5, 5.41) is 0. The van der Waals surface area contributed by atoms with E-state index in [2.05, 4.69) is 0 Å². The molecule has 2 atom stereocenters. The van der Waals surface area contributed by atoms with Gasteiger partial charge in [0.25, 0.3) is 0 Å². The molecule has 2 unspecified atom stereocenters. The monoisotopic (exact) mass is 462 g/mol. The highest BCUT2D eigenvalue weighted by Gasteiger charge is 2.60. The molecule has 29 heavy (non-hydrogen) atoms. The minimum absolute atomic E-state index is 0.0287. The zero-order valence-corrected chi connectivity index (χ0v) is 17.7. The molecule has 0 aliphatic heterocycles. The second-order valence-electron chi connectivity index (χ2n) is 8.28. The summed E-state index contributed by atoms with van der Waals surface area (Å²) in [7, 11) is -11.3. The number of nitrogens with zero attached hydrogens (tertiary/aromatic N) is 1. The number of rotatable bonds is 7. The fraction of sp³-hybridized carbons (Fsp3) is 0.938. The number of nitrogens with one attached hydrogen (secondary N) is 1. The number of hydrogen-bond donors (Lipinski definition) is 1. The number of amides is 1. The highest BCUT2D eigenvalue weighted by Crippen LogP contribution is 2.61. The van der Waals surface area contributed by atoms with Crippen LogP contribution < -0.4 is 4.13 Å². The molecule has 4 saturated carbocycles. The molecule has 0 aromatic rings. The van der Waals surface area contributed by atoms with Crippen LogP contribution in [0.1, 0.15) is 46.0 Å². The quantitative estimate of drug-likeness (QED) is 0.617. The SMILES string of the molecule is CCN(CC)C(=O)C12CC3CC(C1)C(OS(=O)(=O)NS(=O)(=O)C(F)(F)F)C(C3)C2. The van der Waals surface area contributed by atoms with E-state index in [1.54, 1.807) is 4.90 Å². The smallest absolute Gasteiger partial charge is 0.343 e. The Morgan fingerprint density at radius 3 is 2.03 bits per heavy atom. The average Bonchev–Trinajstić information content (AvgIpc) is 2.56. The van der Waals surface area contributed by atoms with Crippen LogP contribution in [0.25, 0.3) is 0 Å². The van der Waals surface area contributed by atoms with Gasteiger partial charge in [0.1, 0.15) is 0 Å². The summed E-state index contributed by atoms with van der Waals surface area (Å²) < 4.78 is 89.4. The molecule has 13 heteroatoms. The van der Waals surface area contributed by atoms with Gasteiger partial charge in [0, 0.05) is 13.1 Å². The number of sulfonamides is 1. The molecule has 4 bridgehead atoms. The molecule has 4 aliphatic rings. The fourth-order valence-corrected chi connectivity index (χ4v) is 7.81. The van der Waals surface area contributed by atoms with Gasteiger partial charge in [-0.05, 0) is 63.7 Å². The van der Waals surface area contributed by atoms with Gasteiger partial charge in [-0.3, -0.25) is 8.98 Å². The van der Waals surface area contributed by atoms with Gasteiger partial charge in [-0.25, -0.2) is 8.42 Å². The molecule has 0 radical (unpaired) electrons. The first kappa shape index (κ1) is 22.8. The van der Waals surface area contributed by atoms with E-state index in [0.29, 0.717) is 42.9 Å². The summed E-state index contributed by atoms with van der Waals surface area (Å²) in [6.45, 7) is 4.88. The highest BCUT2D eigenvalue weighted by atomic mass is 32.3. The van der Waals surface area contributed by atoms with E-state index in [1.165, 1.54) is 0 Å². The minimum Gasteiger partial charge on any atom is -0.343 e. The molecular formula is C16H25F3N2O6S2. The molecule has 4 rings (SSSR count). The molecule has 4 aliphatic carbocycles. The Balaban J connectivity index is 1.78. The van der Waals surface area contributed by atoms with Crippen LogP contribution in [0.2, 0.25) is 0 Å². The molecular weight excluding hydrogens is 437 g/mol. The van der Waals surface area contributed by atoms with Crippen LogP contribution in [0.4, 0.5) is 13.2 Å². The van der Waals surface area contributed by atoms with Crippen LogP contribution in [-0.2, 0) is 29.3 Å². The van der Waals surface area contributed by atoms with Crippen LogP contribution in [0.3, 0.4) is 0 Å². The first-order chi connectivity index (χ1) is 13.2. The third-order valence-corrected chi connectivity index (χ3v) is 9.22. The van der Waals surface area contributed by atoms with Gasteiger partial charge in [-0.2, -0.15) is 21.6 Å². The number of hydrogen-bond acceptors (Lipinski definition) is 6. The molecule has 168 valence electrons. The Morgan fingerprint density at radius 1 is 1.07 bits per heavy atom. The van der Waals surface area contributed by atoms with Gasteiger partial charge in [-0.15, -0.1) is 0 Å². The second kappa shape index (κ2) is 7.34. The summed E-state index contributed by atoms with van der Waals surface area (Å²) in [6.07, 6.45) is 1.77. The number of carbonyl (C=O) groups is 1. The number of halogens is 3. The molecule has 4 fully saturated rings. The molecule has 1 amide bonds. The lowest BCUT2D eigenvalue weighted by atomic mass is 9.48. The van der Waals surface area contributed by atoms with Gasteiger partial charge >= 0.3 is 25.8 Å². The zero-order valence-electron chi connectivity index (χ0n) is 16.1. The first-order valence-electron chi connectivity index (χ1n) is 9.56. The Hall–Kier alpha value is -0.920. The van der Waals surface area contributed by atoms with Crippen molar-refractivity contribution in [1.82, 2.24) is 9.03 Å². The summed E-state index contributed by atoms with van der Waals surface area (Å²) in [5.74, 6) is -0.403. The second-order valence-corrected chi connectivity index (χ2v) is 11.5. The molecule has 0 heterocycles. The Morgan fingerprint density at radius 2 is 1.59 bits per heavy atom. The molecule has 0 spiro atoms. The van der Waals surface area contributed by atoms with E-state index in [9.17, 15) is 34.8 Å². The van der Waals surface area contributed by atoms with Crippen molar-refractivity contribution in [3.63, 3.8) is 0 Å². The van der Waals surface area contributed by atoms with Crippen molar-refractivity contribution in [2.45, 2.75) is 57.6 Å². The van der Waals surface area contributed by atoms with Crippen LogP contribution in [-0.4, -0.2) is 52.3 Å². The van der Waals surface area contributed by atoms with Crippen LogP contribution >= 0.6 is 0 Å². The number of alkyl halides is 3. The normalized spacial score (nSPS) is 34.4. The summed E-state index contributed by atoms with van der Waals surface area (Å²) in [4.78, 5) is 14.8. The van der Waals surface area contributed by atoms with Gasteiger partial charge in [0.15, 0.2) is 0 Å². The van der Waals surface area contributed by atoms with Gasteiger partial charge < -0.3 is 4.90 Å². The Labute approximate surface area is 168 Å². The van der Waals surface area contributed by atoms with Crippen LogP contribution in [0, 0.1) is 23.2 Å². The van der Waals surface area contributed by atoms with Crippen molar-refractivity contribution in [2.75, 3.05) is 13.1 Å². The maximum absolute atomic E-state index is 13.1. The molecule has 0 saturated heterocycles. The summed E-state index contributed by atoms with van der Waals surface area (Å²) in [6, 6.07) is 0. The first-order valence-corrected chi connectivity index (χ1v) is 12.4. The fourth-order valence-electron chi connectivity index (χ4n) is 5.59. The molecule has 0 aromatic heterocycles. The van der Waals surface area contributed by atoms with E-state index < -0.39 is 37.4 Å². The minimum atomic E-state index is -6.10. The lowest BCUT2D eigenvalue weighted by Gasteiger charge is -2.59. The van der Waals surface area contributed by atoms with Crippen LogP contribution in [0.5, 0.6) is 0 Å². The van der Waals surface area contributed by atoms with Crippen molar-refractivity contribution in [2.24, 2.45) is 23.2 Å². The summed E-state index contributed by atoms with van der Waals surface area (Å²) in [5.41, 5.74) is -6.37. The third kappa shape index (κ3) is 4.15. The molecule has 8 nitrogen and oxygen atoms in total. The summed E-state index contributed by atoms with van der Waals surface area (Å²) >= 11 is 0. The van der Waals surface area contributed by atoms with Crippen molar-refractivity contribution < 1.29 is 39.0 Å². The zero-order chi connectivity index (χ0) is 21.8. The topological polar surface area (TPSA) is 110 Å². The van der Waals surface area contributed by atoms with Crippen molar-refractivity contribution in [1.29, 1.82) is 0 Å². The van der Waals surface area contributed by atoms with E-state index in [-0.39, 0.29) is 23.7 Å². The lowest BCUT2D eigenvalue weighted by molar-refractivity contribution is -0.168. The standard InChI is InChI=1S/C16H25F3N2O6S2/c1-3-21(4-2)14(22)15-7-10-5-11(8-15)13(12(6-10)9-15)27-29(25,26)20-28(23,24)16(17,18)19/h10-13,20H,3-9H2,1-2H3. The maximum atomic E-state index is 13.1. The van der Waals surface area contributed by atoms with Crippen molar-refractivity contribution in [3.05, 3.63) is 0 Å². The van der Waals surface area contributed by atoms with Crippen molar-refractivity contribution >= 4 is 26.2 Å². The molecule has 0 aromatic carbocycles. The number of carbonyl (C=O) groups excluding carboxylic acids is 1. The molecule has 1 N–H and O–H groups in total. The third-order valence-electron chi connectivity index (χ3n) is 6.45. The van der Waals surface area contributed by atoms with E-state index in [0.717, 1.165) is 6.42 Å². The average molecular weight is 463 g/mol. The maximum Gasteiger partial charge on any atom is 0.512 e. The van der Waals surface area contributed by atoms with E-state index >= 15 is 0 Å². The van der Waals surface area contributed by atoms with Gasteiger partial charge in [-0.1, -0.05) is 4.13 Å². The largest absolute Gasteiger partial charge is 0.512 e. The Kier molecular flexibility index (Phi) is 5.76. The predicted octanol–water partition coefficient (Wildman–Crippen LogP) is 1.75. The van der Waals surface area contributed by atoms with Gasteiger partial charge in [0.2, 0.25) is 5.91 Å². The highest BCUT2D eigenvalue weighted by molar-refractivity contribution is 8.03. The van der Waals surface area contributed by atoms with Gasteiger partial charge in [0.05, 0.1) is 11.5 Å². The predicted molar refractivity (Wildman–Crippen MR) is 95.8 cm³/mol. The van der Waals surface area contributed by atoms with E-state index in [1.807, 2.05) is 13.8 Å². The van der Waals surface area contributed by atoms with Crippen molar-refractivity contribution in [3.8, 4) is 0 Å².